The zero-order chi connectivity index (χ0) is 22.0. The van der Waals surface area contributed by atoms with Gasteiger partial charge in [0, 0.05) is 10.9 Å². The number of fused-ring (bicyclic) bond motifs is 1. The van der Waals surface area contributed by atoms with Crippen LogP contribution in [0.5, 0.6) is 17.2 Å². The molecule has 0 unspecified atom stereocenters. The van der Waals surface area contributed by atoms with E-state index in [2.05, 4.69) is 9.97 Å². The molecule has 1 N–H and O–H groups in total. The molecule has 3 aromatic carbocycles. The molecule has 0 aliphatic heterocycles. The lowest BCUT2D eigenvalue weighted by atomic mass is 9.99. The van der Waals surface area contributed by atoms with Crippen LogP contribution in [0.4, 0.5) is 0 Å². The molecule has 0 spiro atoms. The maximum Gasteiger partial charge on any atom is 0.339 e. The first-order valence-electron chi connectivity index (χ1n) is 9.44. The van der Waals surface area contributed by atoms with Gasteiger partial charge in [-0.2, -0.15) is 0 Å². The molecule has 31 heavy (non-hydrogen) atoms. The minimum atomic E-state index is -1.04. The minimum Gasteiger partial charge on any atom is -0.496 e. The molecule has 0 amide bonds. The van der Waals surface area contributed by atoms with Gasteiger partial charge in [-0.25, -0.2) is 14.8 Å². The zero-order valence-electron chi connectivity index (χ0n) is 17.2. The maximum absolute atomic E-state index is 11.4. The molecule has 0 aliphatic carbocycles. The van der Waals surface area contributed by atoms with Crippen molar-refractivity contribution in [2.45, 2.75) is 0 Å². The Morgan fingerprint density at radius 3 is 2.10 bits per heavy atom. The largest absolute Gasteiger partial charge is 0.496 e. The van der Waals surface area contributed by atoms with Gasteiger partial charge in [-0.05, 0) is 53.6 Å². The molecule has 4 rings (SSSR count). The van der Waals surface area contributed by atoms with E-state index in [4.69, 9.17) is 14.2 Å². The van der Waals surface area contributed by atoms with Gasteiger partial charge >= 0.3 is 5.97 Å². The Hall–Kier alpha value is -4.13. The van der Waals surface area contributed by atoms with Crippen LogP contribution in [-0.4, -0.2) is 42.4 Å². The molecule has 0 radical (unpaired) electrons. The van der Waals surface area contributed by atoms with E-state index in [0.717, 1.165) is 33.3 Å². The number of carboxylic acid groups (broad SMARTS) is 1. The third-order valence-corrected chi connectivity index (χ3v) is 5.06. The summed E-state index contributed by atoms with van der Waals surface area (Å²) in [5.74, 6) is 0.508. The molecule has 0 saturated heterocycles. The van der Waals surface area contributed by atoms with E-state index in [0.29, 0.717) is 17.2 Å². The number of ether oxygens (including phenoxy) is 3. The van der Waals surface area contributed by atoms with Crippen LogP contribution in [0.2, 0.25) is 0 Å². The Bertz CT molecular complexity index is 1290. The van der Waals surface area contributed by atoms with Crippen LogP contribution in [0.3, 0.4) is 0 Å². The lowest BCUT2D eigenvalue weighted by Crippen LogP contribution is -2.00. The van der Waals surface area contributed by atoms with Crippen molar-refractivity contribution in [1.82, 2.24) is 9.97 Å². The first-order valence-corrected chi connectivity index (χ1v) is 9.44. The summed E-state index contributed by atoms with van der Waals surface area (Å²) in [5.41, 5.74) is 4.23. The van der Waals surface area contributed by atoms with Crippen molar-refractivity contribution in [2.24, 2.45) is 0 Å². The summed E-state index contributed by atoms with van der Waals surface area (Å²) in [5, 5.41) is 10.2. The minimum absolute atomic E-state index is 0.112. The predicted molar refractivity (Wildman–Crippen MR) is 117 cm³/mol. The first kappa shape index (κ1) is 20.2. The van der Waals surface area contributed by atoms with Gasteiger partial charge in [-0.15, -0.1) is 0 Å². The van der Waals surface area contributed by atoms with Crippen molar-refractivity contribution in [3.05, 3.63) is 66.5 Å². The van der Waals surface area contributed by atoms with Crippen molar-refractivity contribution >= 4 is 16.9 Å². The third kappa shape index (κ3) is 3.73. The van der Waals surface area contributed by atoms with Crippen LogP contribution < -0.4 is 14.2 Å². The number of carbonyl (C=O) groups is 1. The third-order valence-electron chi connectivity index (χ3n) is 5.06. The molecule has 0 saturated carbocycles. The molecular formula is C24H20N2O5. The second-order valence-corrected chi connectivity index (χ2v) is 6.74. The fraction of sp³-hybridized carbons (Fsp3) is 0.125. The van der Waals surface area contributed by atoms with Gasteiger partial charge in [0.15, 0.2) is 11.5 Å². The highest BCUT2D eigenvalue weighted by Crippen LogP contribution is 2.36. The number of rotatable bonds is 6. The summed E-state index contributed by atoms with van der Waals surface area (Å²) >= 11 is 0. The molecule has 156 valence electrons. The van der Waals surface area contributed by atoms with Gasteiger partial charge in [0.2, 0.25) is 0 Å². The van der Waals surface area contributed by atoms with Crippen LogP contribution >= 0.6 is 0 Å². The van der Waals surface area contributed by atoms with Gasteiger partial charge in [0.1, 0.15) is 17.6 Å². The molecule has 0 bridgehead atoms. The Labute approximate surface area is 178 Å². The standard InChI is InChI=1S/C24H20N2O5/c1-29-20-9-6-16(12-22(20)31-3)23-18-10-14(5-8-19(18)25-13-26-23)15-4-7-17(24(27)28)21(11-15)30-2/h4-13H,1-3H3,(H,27,28). The fourth-order valence-electron chi connectivity index (χ4n) is 3.50. The van der Waals surface area contributed by atoms with Crippen LogP contribution in [0.1, 0.15) is 10.4 Å². The van der Waals surface area contributed by atoms with Crippen LogP contribution in [0.25, 0.3) is 33.3 Å². The number of aromatic carboxylic acids is 1. The Morgan fingerprint density at radius 1 is 0.742 bits per heavy atom. The molecule has 4 aromatic rings. The van der Waals surface area contributed by atoms with Crippen molar-refractivity contribution < 1.29 is 24.1 Å². The highest BCUT2D eigenvalue weighted by atomic mass is 16.5. The molecular weight excluding hydrogens is 396 g/mol. The second-order valence-electron chi connectivity index (χ2n) is 6.74. The van der Waals surface area contributed by atoms with Crippen molar-refractivity contribution in [2.75, 3.05) is 21.3 Å². The SMILES string of the molecule is COc1ccc(-c2ncnc3ccc(-c4ccc(C(=O)O)c(OC)c4)cc23)cc1OC. The molecule has 1 aromatic heterocycles. The summed E-state index contributed by atoms with van der Waals surface area (Å²) in [6.45, 7) is 0. The van der Waals surface area contributed by atoms with Gasteiger partial charge in [-0.1, -0.05) is 12.1 Å². The van der Waals surface area contributed by atoms with E-state index in [1.165, 1.54) is 19.5 Å². The number of hydrogen-bond donors (Lipinski definition) is 1. The monoisotopic (exact) mass is 416 g/mol. The van der Waals surface area contributed by atoms with Crippen LogP contribution in [-0.2, 0) is 0 Å². The van der Waals surface area contributed by atoms with E-state index >= 15 is 0 Å². The second kappa shape index (κ2) is 8.31. The van der Waals surface area contributed by atoms with Gasteiger partial charge in [0.05, 0.1) is 32.5 Å². The molecule has 1 heterocycles. The summed E-state index contributed by atoms with van der Waals surface area (Å²) in [4.78, 5) is 20.3. The Morgan fingerprint density at radius 2 is 1.39 bits per heavy atom. The van der Waals surface area contributed by atoms with Gasteiger partial charge < -0.3 is 19.3 Å². The van der Waals surface area contributed by atoms with E-state index in [-0.39, 0.29) is 5.56 Å². The smallest absolute Gasteiger partial charge is 0.339 e. The Balaban J connectivity index is 1.86. The molecule has 0 fully saturated rings. The van der Waals surface area contributed by atoms with Crippen LogP contribution in [0.15, 0.2) is 60.9 Å². The van der Waals surface area contributed by atoms with E-state index in [9.17, 15) is 9.90 Å². The molecule has 0 aliphatic rings. The topological polar surface area (TPSA) is 90.8 Å². The average Bonchev–Trinajstić information content (AvgIpc) is 2.82. The quantitative estimate of drug-likeness (QED) is 0.488. The zero-order valence-corrected chi connectivity index (χ0v) is 17.2. The van der Waals surface area contributed by atoms with E-state index < -0.39 is 5.97 Å². The number of aromatic nitrogens is 2. The number of hydrogen-bond acceptors (Lipinski definition) is 6. The van der Waals surface area contributed by atoms with E-state index in [1.54, 1.807) is 26.4 Å². The molecule has 7 nitrogen and oxygen atoms in total. The highest BCUT2D eigenvalue weighted by molar-refractivity contribution is 5.96. The van der Waals surface area contributed by atoms with Gasteiger partial charge in [0.25, 0.3) is 0 Å². The number of methoxy groups -OCH3 is 3. The normalized spacial score (nSPS) is 10.7. The average molecular weight is 416 g/mol. The summed E-state index contributed by atoms with van der Waals surface area (Å²) < 4.78 is 16.0. The van der Waals surface area contributed by atoms with E-state index in [1.807, 2.05) is 36.4 Å². The lowest BCUT2D eigenvalue weighted by Gasteiger charge is -2.12. The lowest BCUT2D eigenvalue weighted by molar-refractivity contribution is 0.0693. The van der Waals surface area contributed by atoms with Gasteiger partial charge in [-0.3, -0.25) is 0 Å². The number of benzene rings is 3. The van der Waals surface area contributed by atoms with Crippen molar-refractivity contribution in [3.8, 4) is 39.6 Å². The van der Waals surface area contributed by atoms with Crippen LogP contribution in [0, 0.1) is 0 Å². The molecule has 0 atom stereocenters. The highest BCUT2D eigenvalue weighted by Gasteiger charge is 2.14. The van der Waals surface area contributed by atoms with Crippen molar-refractivity contribution in [3.63, 3.8) is 0 Å². The van der Waals surface area contributed by atoms with Crippen molar-refractivity contribution in [1.29, 1.82) is 0 Å². The number of nitrogens with zero attached hydrogens (tertiary/aromatic N) is 2. The predicted octanol–water partition coefficient (Wildman–Crippen LogP) is 4.69. The Kier molecular flexibility index (Phi) is 5.41. The number of carboxylic acids is 1. The summed E-state index contributed by atoms with van der Waals surface area (Å²) in [7, 11) is 4.63. The maximum atomic E-state index is 11.4. The fourth-order valence-corrected chi connectivity index (χ4v) is 3.50. The summed E-state index contributed by atoms with van der Waals surface area (Å²) in [6, 6.07) is 16.5. The first-order chi connectivity index (χ1) is 15.0. The summed E-state index contributed by atoms with van der Waals surface area (Å²) in [6.07, 6.45) is 1.53. The molecule has 7 heteroatoms.